The minimum atomic E-state index is -0.709. The van der Waals surface area contributed by atoms with E-state index in [0.29, 0.717) is 12.5 Å². The van der Waals surface area contributed by atoms with Gasteiger partial charge in [0.05, 0.1) is 5.56 Å². The Morgan fingerprint density at radius 1 is 1.53 bits per heavy atom. The van der Waals surface area contributed by atoms with Gasteiger partial charge in [0.25, 0.3) is 5.91 Å². The summed E-state index contributed by atoms with van der Waals surface area (Å²) in [5.41, 5.74) is 0.0193. The number of hydrogen-bond donors (Lipinski definition) is 1. The molecule has 4 nitrogen and oxygen atoms in total. The van der Waals surface area contributed by atoms with Crippen molar-refractivity contribution in [2.45, 2.75) is 19.3 Å². The molecule has 0 saturated carbocycles. The third-order valence-corrected chi connectivity index (χ3v) is 3.68. The van der Waals surface area contributed by atoms with Gasteiger partial charge in [0, 0.05) is 12.7 Å². The number of nitrogens with zero attached hydrogens (tertiary/aromatic N) is 2. The largest absolute Gasteiger partial charge is 0.352 e. The Morgan fingerprint density at radius 3 is 2.95 bits per heavy atom. The van der Waals surface area contributed by atoms with Gasteiger partial charge in [-0.05, 0) is 57.5 Å². The predicted molar refractivity (Wildman–Crippen MR) is 71.4 cm³/mol. The number of aromatic nitrogens is 1. The topological polar surface area (TPSA) is 45.2 Å². The molecule has 1 aliphatic rings. The van der Waals surface area contributed by atoms with Crippen molar-refractivity contribution < 1.29 is 9.18 Å². The molecule has 5 heteroatoms. The summed E-state index contributed by atoms with van der Waals surface area (Å²) in [5.74, 6) is -0.423. The van der Waals surface area contributed by atoms with E-state index in [1.807, 2.05) is 0 Å². The summed E-state index contributed by atoms with van der Waals surface area (Å²) >= 11 is 0. The van der Waals surface area contributed by atoms with Gasteiger partial charge in [-0.25, -0.2) is 4.98 Å². The van der Waals surface area contributed by atoms with Gasteiger partial charge in [-0.1, -0.05) is 0 Å². The Kier molecular flexibility index (Phi) is 4.85. The van der Waals surface area contributed by atoms with Gasteiger partial charge in [-0.2, -0.15) is 4.39 Å². The van der Waals surface area contributed by atoms with E-state index in [4.69, 9.17) is 0 Å². The van der Waals surface area contributed by atoms with E-state index in [9.17, 15) is 9.18 Å². The highest BCUT2D eigenvalue weighted by Gasteiger charge is 2.17. The summed E-state index contributed by atoms with van der Waals surface area (Å²) in [7, 11) is 2.13. The number of amides is 1. The van der Waals surface area contributed by atoms with E-state index in [0.717, 1.165) is 19.5 Å². The second-order valence-corrected chi connectivity index (χ2v) is 5.13. The van der Waals surface area contributed by atoms with E-state index in [1.165, 1.54) is 25.1 Å². The Balaban J connectivity index is 1.74. The second-order valence-electron chi connectivity index (χ2n) is 5.13. The summed E-state index contributed by atoms with van der Waals surface area (Å²) in [5, 5.41) is 2.77. The van der Waals surface area contributed by atoms with Crippen molar-refractivity contribution >= 4 is 5.91 Å². The van der Waals surface area contributed by atoms with Crippen LogP contribution in [0.15, 0.2) is 18.3 Å². The molecule has 0 atom stereocenters. The third-order valence-electron chi connectivity index (χ3n) is 3.68. The first-order chi connectivity index (χ1) is 9.16. The highest BCUT2D eigenvalue weighted by molar-refractivity contribution is 5.94. The summed E-state index contributed by atoms with van der Waals surface area (Å²) in [6, 6.07) is 3.02. The van der Waals surface area contributed by atoms with E-state index in [-0.39, 0.29) is 11.5 Å². The van der Waals surface area contributed by atoms with Gasteiger partial charge < -0.3 is 10.2 Å². The first kappa shape index (κ1) is 13.9. The standard InChI is InChI=1S/C14H20FN3O/c1-18-9-5-11(6-10-18)4-8-17-14(19)12-3-2-7-16-13(12)15/h2-3,7,11H,4-6,8-10H2,1H3,(H,17,19). The van der Waals surface area contributed by atoms with Gasteiger partial charge in [-0.3, -0.25) is 4.79 Å². The summed E-state index contributed by atoms with van der Waals surface area (Å²) in [6.07, 6.45) is 4.65. The highest BCUT2D eigenvalue weighted by Crippen LogP contribution is 2.18. The smallest absolute Gasteiger partial charge is 0.255 e. The van der Waals surface area contributed by atoms with Crippen LogP contribution < -0.4 is 5.32 Å². The molecule has 0 aromatic carbocycles. The van der Waals surface area contributed by atoms with Crippen LogP contribution in [0.1, 0.15) is 29.6 Å². The van der Waals surface area contributed by atoms with Crippen molar-refractivity contribution in [1.82, 2.24) is 15.2 Å². The Labute approximate surface area is 113 Å². The number of nitrogens with one attached hydrogen (secondary N) is 1. The van der Waals surface area contributed by atoms with Crippen LogP contribution in [0.2, 0.25) is 0 Å². The van der Waals surface area contributed by atoms with Crippen LogP contribution in [0, 0.1) is 11.9 Å². The zero-order chi connectivity index (χ0) is 13.7. The molecule has 1 fully saturated rings. The van der Waals surface area contributed by atoms with Crippen molar-refractivity contribution in [2.24, 2.45) is 5.92 Å². The molecular weight excluding hydrogens is 245 g/mol. The van der Waals surface area contributed by atoms with Crippen molar-refractivity contribution in [3.05, 3.63) is 29.8 Å². The molecule has 1 aromatic heterocycles. The molecule has 1 amide bonds. The third kappa shape index (κ3) is 3.99. The van der Waals surface area contributed by atoms with Gasteiger partial charge in [-0.15, -0.1) is 0 Å². The maximum Gasteiger partial charge on any atom is 0.255 e. The van der Waals surface area contributed by atoms with Crippen LogP contribution in [-0.4, -0.2) is 42.5 Å². The highest BCUT2D eigenvalue weighted by atomic mass is 19.1. The lowest BCUT2D eigenvalue weighted by Crippen LogP contribution is -2.33. The molecule has 0 radical (unpaired) electrons. The lowest BCUT2D eigenvalue weighted by Gasteiger charge is -2.28. The monoisotopic (exact) mass is 265 g/mol. The number of carbonyl (C=O) groups is 1. The lowest BCUT2D eigenvalue weighted by atomic mass is 9.94. The fraction of sp³-hybridized carbons (Fsp3) is 0.571. The van der Waals surface area contributed by atoms with E-state index in [1.54, 1.807) is 6.07 Å². The normalized spacial score (nSPS) is 17.4. The molecule has 1 saturated heterocycles. The zero-order valence-corrected chi connectivity index (χ0v) is 11.2. The number of rotatable bonds is 4. The molecule has 2 rings (SSSR count). The van der Waals surface area contributed by atoms with Gasteiger partial charge in [0.2, 0.25) is 5.95 Å². The van der Waals surface area contributed by atoms with Crippen molar-refractivity contribution in [3.8, 4) is 0 Å². The summed E-state index contributed by atoms with van der Waals surface area (Å²) in [4.78, 5) is 17.6. The molecular formula is C14H20FN3O. The predicted octanol–water partition coefficient (Wildman–Crippen LogP) is 1.68. The first-order valence-electron chi connectivity index (χ1n) is 6.74. The maximum absolute atomic E-state index is 13.3. The molecule has 0 spiro atoms. The van der Waals surface area contributed by atoms with Gasteiger partial charge in [0.1, 0.15) is 0 Å². The maximum atomic E-state index is 13.3. The van der Waals surface area contributed by atoms with E-state index < -0.39 is 5.95 Å². The Bertz CT molecular complexity index is 430. The van der Waals surface area contributed by atoms with Crippen molar-refractivity contribution in [2.75, 3.05) is 26.7 Å². The average Bonchev–Trinajstić information content (AvgIpc) is 2.41. The SMILES string of the molecule is CN1CCC(CCNC(=O)c2cccnc2F)CC1. The molecule has 0 unspecified atom stereocenters. The molecule has 0 aliphatic carbocycles. The van der Waals surface area contributed by atoms with Gasteiger partial charge in [0.15, 0.2) is 0 Å². The van der Waals surface area contributed by atoms with Crippen molar-refractivity contribution in [3.63, 3.8) is 0 Å². The quantitative estimate of drug-likeness (QED) is 0.843. The number of pyridine rings is 1. The summed E-state index contributed by atoms with van der Waals surface area (Å²) < 4.78 is 13.3. The van der Waals surface area contributed by atoms with Crippen LogP contribution in [-0.2, 0) is 0 Å². The number of likely N-dealkylation sites (tertiary alicyclic amines) is 1. The number of carbonyl (C=O) groups excluding carboxylic acids is 1. The fourth-order valence-electron chi connectivity index (χ4n) is 2.39. The van der Waals surface area contributed by atoms with Crippen LogP contribution in [0.25, 0.3) is 0 Å². The number of halogens is 1. The average molecular weight is 265 g/mol. The zero-order valence-electron chi connectivity index (χ0n) is 11.2. The van der Waals surface area contributed by atoms with Crippen LogP contribution >= 0.6 is 0 Å². The van der Waals surface area contributed by atoms with E-state index in [2.05, 4.69) is 22.2 Å². The fourth-order valence-corrected chi connectivity index (χ4v) is 2.39. The first-order valence-corrected chi connectivity index (χ1v) is 6.74. The van der Waals surface area contributed by atoms with Crippen LogP contribution in [0.3, 0.4) is 0 Å². The summed E-state index contributed by atoms with van der Waals surface area (Å²) in [6.45, 7) is 2.84. The number of hydrogen-bond acceptors (Lipinski definition) is 3. The molecule has 1 aliphatic heterocycles. The Hall–Kier alpha value is -1.49. The van der Waals surface area contributed by atoms with Crippen LogP contribution in [0.4, 0.5) is 4.39 Å². The molecule has 19 heavy (non-hydrogen) atoms. The number of piperidine rings is 1. The molecule has 2 heterocycles. The minimum absolute atomic E-state index is 0.0193. The minimum Gasteiger partial charge on any atom is -0.352 e. The van der Waals surface area contributed by atoms with E-state index >= 15 is 0 Å². The van der Waals surface area contributed by atoms with Crippen molar-refractivity contribution in [1.29, 1.82) is 0 Å². The second kappa shape index (κ2) is 6.61. The van der Waals surface area contributed by atoms with Gasteiger partial charge >= 0.3 is 0 Å². The molecule has 104 valence electrons. The van der Waals surface area contributed by atoms with Crippen LogP contribution in [0.5, 0.6) is 0 Å². The lowest BCUT2D eigenvalue weighted by molar-refractivity contribution is 0.0944. The Morgan fingerprint density at radius 2 is 2.26 bits per heavy atom. The molecule has 1 aromatic rings. The molecule has 1 N–H and O–H groups in total. The molecule has 0 bridgehead atoms.